The summed E-state index contributed by atoms with van der Waals surface area (Å²) in [5.41, 5.74) is 0.140. The molecule has 14 heteroatoms. The molecule has 3 aromatic rings. The maximum Gasteiger partial charge on any atom is 0.261 e. The summed E-state index contributed by atoms with van der Waals surface area (Å²) in [7, 11) is -5.92. The number of likely N-dealkylation sites (N-methyl/N-ethyl adjacent to an activating group) is 1. The van der Waals surface area contributed by atoms with Crippen LogP contribution in [0.25, 0.3) is 0 Å². The van der Waals surface area contributed by atoms with E-state index in [0.29, 0.717) is 18.1 Å². The number of benzene rings is 3. The monoisotopic (exact) mass is 658 g/mol. The number of piperazine rings is 1. The number of nitrogens with one attached hydrogen (secondary N) is 2. The molecule has 1 aliphatic rings. The van der Waals surface area contributed by atoms with Gasteiger partial charge in [0.2, 0.25) is 0 Å². The van der Waals surface area contributed by atoms with Crippen molar-refractivity contribution in [3.63, 3.8) is 0 Å². The Morgan fingerprint density at radius 3 is 2.17 bits per heavy atom. The average molecular weight is 660 g/mol. The summed E-state index contributed by atoms with van der Waals surface area (Å²) >= 11 is 12.0. The Kier molecular flexibility index (Phi) is 10.9. The fraction of sp³-hybridized carbons (Fsp3) is 0.222. The Labute approximate surface area is 256 Å². The van der Waals surface area contributed by atoms with Crippen LogP contribution in [0.5, 0.6) is 0 Å². The molecular weight excluding hydrogens is 631 g/mol. The molecule has 220 valence electrons. The van der Waals surface area contributed by atoms with Gasteiger partial charge in [-0.15, -0.1) is 19.0 Å². The van der Waals surface area contributed by atoms with Crippen LogP contribution in [0.2, 0.25) is 10.0 Å². The number of anilines is 2. The highest BCUT2D eigenvalue weighted by molar-refractivity contribution is 7.92. The SMILES string of the molecule is C=CC(N1CCN(C)CC1)S(=O)(=O)c1cccc(NC(=O)c2cc(Cl)ccc2NS(=O)(=O)c2ccc(Cl)cc2)c1.Cl. The summed E-state index contributed by atoms with van der Waals surface area (Å²) in [6.45, 7) is 6.37. The van der Waals surface area contributed by atoms with Crippen LogP contribution in [0.15, 0.2) is 89.2 Å². The molecule has 0 aliphatic carbocycles. The van der Waals surface area contributed by atoms with Gasteiger partial charge in [-0.25, -0.2) is 16.8 Å². The first kappa shape index (κ1) is 32.9. The third-order valence-electron chi connectivity index (χ3n) is 6.43. The summed E-state index contributed by atoms with van der Waals surface area (Å²) in [6.07, 6.45) is 1.41. The molecule has 9 nitrogen and oxygen atoms in total. The highest BCUT2D eigenvalue weighted by atomic mass is 35.5. The zero-order valence-corrected chi connectivity index (χ0v) is 25.9. The first-order valence-corrected chi connectivity index (χ1v) is 16.0. The second-order valence-electron chi connectivity index (χ2n) is 9.24. The Hall–Kier alpha value is -2.64. The molecule has 0 aromatic heterocycles. The van der Waals surface area contributed by atoms with Crippen molar-refractivity contribution in [3.8, 4) is 0 Å². The van der Waals surface area contributed by atoms with Gasteiger partial charge in [0.05, 0.1) is 21.0 Å². The largest absolute Gasteiger partial charge is 0.322 e. The van der Waals surface area contributed by atoms with Crippen molar-refractivity contribution >= 4 is 72.8 Å². The van der Waals surface area contributed by atoms with Crippen LogP contribution in [-0.2, 0) is 19.9 Å². The van der Waals surface area contributed by atoms with Crippen LogP contribution in [0.1, 0.15) is 10.4 Å². The van der Waals surface area contributed by atoms with Crippen molar-refractivity contribution in [3.05, 3.63) is 95.0 Å². The number of nitrogens with zero attached hydrogens (tertiary/aromatic N) is 2. The standard InChI is InChI=1S/C27H28Cl2N4O5S2.ClH/c1-3-26(33-15-13-32(2)14-16-33)39(35,36)23-6-4-5-21(18-23)30-27(34)24-17-20(29)9-12-25(24)31-40(37,38)22-10-7-19(28)8-11-22;/h3-12,17-18,26,31H,1,13-16H2,2H3,(H,30,34);1H. The van der Waals surface area contributed by atoms with Crippen LogP contribution < -0.4 is 10.0 Å². The van der Waals surface area contributed by atoms with Crippen molar-refractivity contribution in [2.24, 2.45) is 0 Å². The van der Waals surface area contributed by atoms with Gasteiger partial charge in [-0.1, -0.05) is 35.3 Å². The van der Waals surface area contributed by atoms with E-state index in [2.05, 4.69) is 21.5 Å². The molecule has 1 aliphatic heterocycles. The van der Waals surface area contributed by atoms with E-state index >= 15 is 0 Å². The lowest BCUT2D eigenvalue weighted by molar-refractivity contribution is 0.102. The van der Waals surface area contributed by atoms with Crippen LogP contribution >= 0.6 is 35.6 Å². The summed E-state index contributed by atoms with van der Waals surface area (Å²) in [5.74, 6) is -0.690. The van der Waals surface area contributed by atoms with Crippen molar-refractivity contribution < 1.29 is 21.6 Å². The van der Waals surface area contributed by atoms with Gasteiger partial charge in [0.15, 0.2) is 9.84 Å². The molecule has 0 bridgehead atoms. The molecule has 1 fully saturated rings. The minimum absolute atomic E-state index is 0. The van der Waals surface area contributed by atoms with Crippen LogP contribution in [0, 0.1) is 0 Å². The molecule has 0 radical (unpaired) electrons. The zero-order valence-electron chi connectivity index (χ0n) is 22.0. The van der Waals surface area contributed by atoms with E-state index < -0.39 is 31.1 Å². The maximum absolute atomic E-state index is 13.5. The van der Waals surface area contributed by atoms with E-state index in [-0.39, 0.29) is 44.2 Å². The quantitative estimate of drug-likeness (QED) is 0.311. The van der Waals surface area contributed by atoms with Crippen molar-refractivity contribution in [2.75, 3.05) is 43.3 Å². The fourth-order valence-electron chi connectivity index (χ4n) is 4.25. The summed E-state index contributed by atoms with van der Waals surface area (Å²) in [4.78, 5) is 17.2. The molecule has 0 spiro atoms. The fourth-order valence-corrected chi connectivity index (χ4v) is 7.32. The molecule has 1 saturated heterocycles. The maximum atomic E-state index is 13.5. The van der Waals surface area contributed by atoms with Crippen molar-refractivity contribution in [2.45, 2.75) is 15.2 Å². The molecule has 2 N–H and O–H groups in total. The molecule has 1 amide bonds. The van der Waals surface area contributed by atoms with E-state index in [9.17, 15) is 21.6 Å². The van der Waals surface area contributed by atoms with E-state index in [0.717, 1.165) is 13.1 Å². The van der Waals surface area contributed by atoms with Gasteiger partial charge in [0, 0.05) is 41.9 Å². The Balaban J connectivity index is 0.00000462. The molecule has 4 rings (SSSR count). The summed E-state index contributed by atoms with van der Waals surface area (Å²) < 4.78 is 55.3. The Morgan fingerprint density at radius 1 is 0.902 bits per heavy atom. The molecule has 1 unspecified atom stereocenters. The molecule has 41 heavy (non-hydrogen) atoms. The van der Waals surface area contributed by atoms with Crippen LogP contribution in [0.4, 0.5) is 11.4 Å². The summed E-state index contributed by atoms with van der Waals surface area (Å²) in [6, 6.07) is 15.6. The van der Waals surface area contributed by atoms with E-state index in [1.807, 2.05) is 11.9 Å². The normalized spacial score (nSPS) is 15.4. The van der Waals surface area contributed by atoms with E-state index in [1.54, 1.807) is 0 Å². The minimum atomic E-state index is -4.05. The lowest BCUT2D eigenvalue weighted by Crippen LogP contribution is -2.50. The van der Waals surface area contributed by atoms with Gasteiger partial charge >= 0.3 is 0 Å². The topological polar surface area (TPSA) is 116 Å². The Bertz CT molecular complexity index is 1630. The molecule has 1 atom stereocenters. The second-order valence-corrected chi connectivity index (χ2v) is 13.8. The highest BCUT2D eigenvalue weighted by Gasteiger charge is 2.32. The van der Waals surface area contributed by atoms with Gasteiger partial charge in [-0.05, 0) is 67.7 Å². The average Bonchev–Trinajstić information content (AvgIpc) is 2.91. The van der Waals surface area contributed by atoms with Crippen LogP contribution in [0.3, 0.4) is 0 Å². The number of rotatable bonds is 9. The third-order valence-corrected chi connectivity index (χ3v) is 10.3. The van der Waals surface area contributed by atoms with Gasteiger partial charge in [-0.3, -0.25) is 14.4 Å². The number of carbonyl (C=O) groups is 1. The first-order chi connectivity index (χ1) is 18.9. The summed E-state index contributed by atoms with van der Waals surface area (Å²) in [5, 5.41) is 2.31. The van der Waals surface area contributed by atoms with Crippen molar-refractivity contribution in [1.29, 1.82) is 0 Å². The lowest BCUT2D eigenvalue weighted by Gasteiger charge is -2.36. The smallest absolute Gasteiger partial charge is 0.261 e. The van der Waals surface area contributed by atoms with Gasteiger partial charge in [-0.2, -0.15) is 0 Å². The Morgan fingerprint density at radius 2 is 1.54 bits per heavy atom. The number of sulfonamides is 1. The number of amides is 1. The molecule has 3 aromatic carbocycles. The molecule has 1 heterocycles. The highest BCUT2D eigenvalue weighted by Crippen LogP contribution is 2.27. The number of hydrogen-bond donors (Lipinski definition) is 2. The lowest BCUT2D eigenvalue weighted by atomic mass is 10.1. The number of carbonyl (C=O) groups excluding carboxylic acids is 1. The van der Waals surface area contributed by atoms with Crippen LogP contribution in [-0.4, -0.2) is 71.1 Å². The predicted octanol–water partition coefficient (Wildman–Crippen LogP) is 5.00. The number of sulfone groups is 1. The predicted molar refractivity (Wildman–Crippen MR) is 166 cm³/mol. The number of hydrogen-bond acceptors (Lipinski definition) is 7. The van der Waals surface area contributed by atoms with Gasteiger partial charge < -0.3 is 10.2 Å². The van der Waals surface area contributed by atoms with Gasteiger partial charge in [0.25, 0.3) is 15.9 Å². The first-order valence-electron chi connectivity index (χ1n) is 12.2. The van der Waals surface area contributed by atoms with Gasteiger partial charge in [0.1, 0.15) is 5.37 Å². The number of halogens is 3. The third kappa shape index (κ3) is 7.81. The zero-order chi connectivity index (χ0) is 29.1. The molecule has 0 saturated carbocycles. The molecular formula is C27H29Cl3N4O5S2. The van der Waals surface area contributed by atoms with E-state index in [4.69, 9.17) is 23.2 Å². The van der Waals surface area contributed by atoms with E-state index in [1.165, 1.54) is 72.8 Å². The second kappa shape index (κ2) is 13.6. The minimum Gasteiger partial charge on any atom is -0.322 e. The van der Waals surface area contributed by atoms with Crippen molar-refractivity contribution in [1.82, 2.24) is 9.80 Å².